The number of para-hydroxylation sites is 1. The van der Waals surface area contributed by atoms with Crippen LogP contribution < -0.4 is 4.74 Å². The van der Waals surface area contributed by atoms with Gasteiger partial charge in [-0.2, -0.15) is 0 Å². The number of Topliss-reactive ketones (excluding diaryl/α,β-unsaturated/α-hetero) is 1. The van der Waals surface area contributed by atoms with Gasteiger partial charge >= 0.3 is 0 Å². The largest absolute Gasteiger partial charge is 0.497 e. The van der Waals surface area contributed by atoms with Crippen LogP contribution in [0.25, 0.3) is 28.0 Å². The molecule has 4 rings (SSSR count). The Kier molecular flexibility index (Phi) is 6.00. The van der Waals surface area contributed by atoms with Gasteiger partial charge in [-0.15, -0.1) is 10.2 Å². The van der Waals surface area contributed by atoms with Gasteiger partial charge in [0.2, 0.25) is 5.91 Å². The minimum atomic E-state index is -0.922. The van der Waals surface area contributed by atoms with E-state index in [0.29, 0.717) is 16.7 Å². The van der Waals surface area contributed by atoms with Crippen molar-refractivity contribution in [3.05, 3.63) is 54.7 Å². The second-order valence-corrected chi connectivity index (χ2v) is 8.50. The monoisotopic (exact) mass is 449 g/mol. The fourth-order valence-electron chi connectivity index (χ4n) is 3.41. The lowest BCUT2D eigenvalue weighted by Crippen LogP contribution is -2.36. The van der Waals surface area contributed by atoms with E-state index < -0.39 is 5.25 Å². The lowest BCUT2D eigenvalue weighted by molar-refractivity contribution is -0.132. The first kappa shape index (κ1) is 21.6. The van der Waals surface area contributed by atoms with E-state index in [9.17, 15) is 9.59 Å². The van der Waals surface area contributed by atoms with Gasteiger partial charge in [-0.25, -0.2) is 0 Å². The first-order valence-corrected chi connectivity index (χ1v) is 10.8. The highest BCUT2D eigenvalue weighted by atomic mass is 32.2. The summed E-state index contributed by atoms with van der Waals surface area (Å²) in [6, 6.07) is 15.4. The number of carbonyl (C=O) groups is 2. The number of hydrogen-bond donors (Lipinski definition) is 1. The molecular formula is C23H23N5O3S. The van der Waals surface area contributed by atoms with E-state index in [1.54, 1.807) is 21.2 Å². The van der Waals surface area contributed by atoms with Crippen LogP contribution >= 0.6 is 11.8 Å². The number of thioether (sulfide) groups is 1. The van der Waals surface area contributed by atoms with Gasteiger partial charge in [0.25, 0.3) is 0 Å². The number of nitrogens with one attached hydrogen (secondary N) is 1. The number of rotatable bonds is 7. The SMILES string of the molecule is COc1cccc(-n2c(SC(C(C)=O)C(=O)N(C)C)nnc2-c2c[nH]c3ccccc23)c1. The standard InChI is InChI=1S/C23H23N5O3S/c1-14(29)20(22(30)27(2)3)32-23-26-25-21(18-13-24-19-11-6-5-10-17(18)19)28(23)15-8-7-9-16(12-15)31-4/h5-13,20,24H,1-4H3. The highest BCUT2D eigenvalue weighted by Crippen LogP contribution is 2.34. The third kappa shape index (κ3) is 3.99. The Labute approximate surface area is 189 Å². The Balaban J connectivity index is 1.89. The minimum absolute atomic E-state index is 0.248. The van der Waals surface area contributed by atoms with E-state index in [1.165, 1.54) is 11.8 Å². The summed E-state index contributed by atoms with van der Waals surface area (Å²) < 4.78 is 7.25. The zero-order valence-corrected chi connectivity index (χ0v) is 19.0. The lowest BCUT2D eigenvalue weighted by Gasteiger charge is -2.18. The quantitative estimate of drug-likeness (QED) is 0.343. The number of carbonyl (C=O) groups excluding carboxylic acids is 2. The van der Waals surface area contributed by atoms with Gasteiger partial charge in [-0.05, 0) is 25.1 Å². The topological polar surface area (TPSA) is 93.1 Å². The Bertz CT molecular complexity index is 1290. The number of nitrogens with zero attached hydrogens (tertiary/aromatic N) is 4. The van der Waals surface area contributed by atoms with Crippen molar-refractivity contribution in [3.63, 3.8) is 0 Å². The number of H-pyrrole nitrogens is 1. The van der Waals surface area contributed by atoms with E-state index in [2.05, 4.69) is 15.2 Å². The molecule has 0 fully saturated rings. The van der Waals surface area contributed by atoms with Crippen LogP contribution in [0.4, 0.5) is 0 Å². The van der Waals surface area contributed by atoms with Crippen LogP contribution in [-0.4, -0.2) is 62.8 Å². The Morgan fingerprint density at radius 1 is 1.12 bits per heavy atom. The maximum absolute atomic E-state index is 12.6. The molecule has 2 aromatic carbocycles. The number of amides is 1. The highest BCUT2D eigenvalue weighted by Gasteiger charge is 2.30. The Morgan fingerprint density at radius 3 is 2.62 bits per heavy atom. The molecule has 1 N–H and O–H groups in total. The van der Waals surface area contributed by atoms with E-state index >= 15 is 0 Å². The summed E-state index contributed by atoms with van der Waals surface area (Å²) in [5, 5.41) is 9.34. The Morgan fingerprint density at radius 2 is 1.91 bits per heavy atom. The summed E-state index contributed by atoms with van der Waals surface area (Å²) in [7, 11) is 4.86. The second kappa shape index (κ2) is 8.88. The van der Waals surface area contributed by atoms with Crippen molar-refractivity contribution in [1.29, 1.82) is 0 Å². The predicted octanol–water partition coefficient (Wildman–Crippen LogP) is 3.56. The van der Waals surface area contributed by atoms with E-state index in [4.69, 9.17) is 4.74 Å². The van der Waals surface area contributed by atoms with Crippen molar-refractivity contribution >= 4 is 34.4 Å². The first-order valence-electron chi connectivity index (χ1n) is 9.95. The zero-order chi connectivity index (χ0) is 22.8. The maximum atomic E-state index is 12.6. The van der Waals surface area contributed by atoms with E-state index in [-0.39, 0.29) is 11.7 Å². The third-order valence-corrected chi connectivity index (χ3v) is 6.28. The van der Waals surface area contributed by atoms with Crippen LogP contribution in [0.2, 0.25) is 0 Å². The molecule has 2 heterocycles. The summed E-state index contributed by atoms with van der Waals surface area (Å²) in [5.74, 6) is 0.723. The highest BCUT2D eigenvalue weighted by molar-refractivity contribution is 8.01. The van der Waals surface area contributed by atoms with Crippen LogP contribution in [0, 0.1) is 0 Å². The molecule has 0 spiro atoms. The summed E-state index contributed by atoms with van der Waals surface area (Å²) in [6.07, 6.45) is 1.88. The lowest BCUT2D eigenvalue weighted by atomic mass is 10.1. The molecule has 0 radical (unpaired) electrons. The van der Waals surface area contributed by atoms with E-state index in [0.717, 1.165) is 33.9 Å². The number of aromatic amines is 1. The summed E-state index contributed by atoms with van der Waals surface area (Å²) in [4.78, 5) is 29.6. The number of benzene rings is 2. The van der Waals surface area contributed by atoms with Gasteiger partial charge in [0.15, 0.2) is 16.8 Å². The summed E-state index contributed by atoms with van der Waals surface area (Å²) >= 11 is 1.09. The Hall–Kier alpha value is -3.59. The summed E-state index contributed by atoms with van der Waals surface area (Å²) in [5.41, 5.74) is 2.60. The molecule has 0 saturated heterocycles. The van der Waals surface area contributed by atoms with Gasteiger partial charge in [0.05, 0.1) is 12.8 Å². The molecule has 9 heteroatoms. The normalized spacial score (nSPS) is 12.0. The molecule has 164 valence electrons. The minimum Gasteiger partial charge on any atom is -0.497 e. The molecule has 2 aromatic heterocycles. The number of hydrogen-bond acceptors (Lipinski definition) is 6. The third-order valence-electron chi connectivity index (χ3n) is 5.03. The molecule has 0 saturated carbocycles. The molecule has 32 heavy (non-hydrogen) atoms. The van der Waals surface area contributed by atoms with Crippen molar-refractivity contribution in [3.8, 4) is 22.8 Å². The number of methoxy groups -OCH3 is 1. The fraction of sp³-hybridized carbons (Fsp3) is 0.217. The van der Waals surface area contributed by atoms with Crippen molar-refractivity contribution in [2.75, 3.05) is 21.2 Å². The molecule has 1 atom stereocenters. The predicted molar refractivity (Wildman–Crippen MR) is 124 cm³/mol. The van der Waals surface area contributed by atoms with Gasteiger partial charge in [-0.3, -0.25) is 14.2 Å². The fourth-order valence-corrected chi connectivity index (χ4v) is 4.48. The molecule has 0 bridgehead atoms. The molecule has 4 aromatic rings. The van der Waals surface area contributed by atoms with Crippen LogP contribution in [0.1, 0.15) is 6.92 Å². The van der Waals surface area contributed by atoms with Gasteiger partial charge in [0, 0.05) is 42.8 Å². The van der Waals surface area contributed by atoms with Crippen molar-refractivity contribution in [2.24, 2.45) is 0 Å². The summed E-state index contributed by atoms with van der Waals surface area (Å²) in [6.45, 7) is 1.41. The van der Waals surface area contributed by atoms with Crippen molar-refractivity contribution < 1.29 is 14.3 Å². The molecule has 8 nitrogen and oxygen atoms in total. The molecule has 0 aliphatic rings. The van der Waals surface area contributed by atoms with Crippen LogP contribution in [0.5, 0.6) is 5.75 Å². The van der Waals surface area contributed by atoms with Crippen LogP contribution in [0.15, 0.2) is 59.9 Å². The average molecular weight is 450 g/mol. The molecule has 0 aliphatic heterocycles. The number of ketones is 1. The average Bonchev–Trinajstić information content (AvgIpc) is 3.40. The second-order valence-electron chi connectivity index (χ2n) is 7.43. The van der Waals surface area contributed by atoms with Crippen molar-refractivity contribution in [1.82, 2.24) is 24.6 Å². The maximum Gasteiger partial charge on any atom is 0.243 e. The molecule has 1 unspecified atom stereocenters. The number of ether oxygens (including phenoxy) is 1. The molecule has 1 amide bonds. The first-order chi connectivity index (χ1) is 15.4. The molecular weight excluding hydrogens is 426 g/mol. The van der Waals surface area contributed by atoms with Gasteiger partial charge in [0.1, 0.15) is 11.0 Å². The molecule has 0 aliphatic carbocycles. The van der Waals surface area contributed by atoms with Gasteiger partial charge in [-0.1, -0.05) is 36.0 Å². The van der Waals surface area contributed by atoms with Gasteiger partial charge < -0.3 is 14.6 Å². The van der Waals surface area contributed by atoms with Crippen LogP contribution in [0.3, 0.4) is 0 Å². The van der Waals surface area contributed by atoms with E-state index in [1.807, 2.05) is 59.3 Å². The smallest absolute Gasteiger partial charge is 0.243 e. The zero-order valence-electron chi connectivity index (χ0n) is 18.2. The number of fused-ring (bicyclic) bond motifs is 1. The van der Waals surface area contributed by atoms with Crippen LogP contribution in [-0.2, 0) is 9.59 Å². The van der Waals surface area contributed by atoms with Crippen molar-refractivity contribution in [2.45, 2.75) is 17.3 Å². The number of aromatic nitrogens is 4.